The van der Waals surface area contributed by atoms with Crippen LogP contribution in [0, 0.1) is 0 Å². The van der Waals surface area contributed by atoms with Crippen molar-refractivity contribution in [1.29, 1.82) is 0 Å². The van der Waals surface area contributed by atoms with E-state index in [-0.39, 0.29) is 25.2 Å². The molecule has 0 spiro atoms. The maximum Gasteiger partial charge on any atom is 0.306 e. The summed E-state index contributed by atoms with van der Waals surface area (Å²) in [5, 5.41) is 9.70. The zero-order valence-corrected chi connectivity index (χ0v) is 35.6. The molecule has 310 valence electrons. The second-order valence-electron chi connectivity index (χ2n) is 16.3. The van der Waals surface area contributed by atoms with E-state index in [1.165, 1.54) is 128 Å². The third-order valence-corrected chi connectivity index (χ3v) is 10.7. The second kappa shape index (κ2) is 34.6. The fourth-order valence-corrected chi connectivity index (χ4v) is 7.45. The van der Waals surface area contributed by atoms with Crippen LogP contribution in [0.3, 0.4) is 0 Å². The number of rotatable bonds is 40. The Bertz CT molecular complexity index is 881. The molecular weight excluding hydrogens is 677 g/mol. The van der Waals surface area contributed by atoms with Gasteiger partial charge in [0.2, 0.25) is 0 Å². The van der Waals surface area contributed by atoms with Crippen molar-refractivity contribution in [3.05, 3.63) is 0 Å². The third-order valence-electron chi connectivity index (χ3n) is 9.76. The first-order chi connectivity index (χ1) is 24.9. The Morgan fingerprint density at radius 2 is 0.942 bits per heavy atom. The highest BCUT2D eigenvalue weighted by atomic mass is 31.2. The fraction of sp³-hybridized carbons (Fsp3) is 0.952. The molecule has 0 aromatic heterocycles. The molecule has 0 aliphatic carbocycles. The molecule has 0 heterocycles. The van der Waals surface area contributed by atoms with Crippen molar-refractivity contribution in [3.8, 4) is 0 Å². The van der Waals surface area contributed by atoms with E-state index in [0.717, 1.165) is 38.5 Å². The molecule has 0 amide bonds. The lowest BCUT2D eigenvalue weighted by atomic mass is 10.0. The van der Waals surface area contributed by atoms with E-state index in [0.29, 0.717) is 17.3 Å². The topological polar surface area (TPSA) is 122 Å². The molecule has 0 aromatic carbocycles. The maximum absolute atomic E-state index is 13.1. The molecule has 0 aromatic rings. The molecule has 0 fully saturated rings. The number of Topliss-reactive ketones (excluding diaryl/α,β-unsaturated/α-hetero) is 1. The van der Waals surface area contributed by atoms with Crippen LogP contribution < -0.4 is 4.89 Å². The molecule has 3 atom stereocenters. The largest absolute Gasteiger partial charge is 0.756 e. The van der Waals surface area contributed by atoms with E-state index in [4.69, 9.17) is 13.8 Å². The van der Waals surface area contributed by atoms with Gasteiger partial charge in [0, 0.05) is 12.8 Å². The summed E-state index contributed by atoms with van der Waals surface area (Å²) in [5.41, 5.74) is 0. The molecule has 1 N–H and O–H groups in total. The van der Waals surface area contributed by atoms with Crippen LogP contribution in [0.4, 0.5) is 0 Å². The van der Waals surface area contributed by atoms with Crippen LogP contribution in [-0.4, -0.2) is 74.5 Å². The van der Waals surface area contributed by atoms with E-state index in [9.17, 15) is 24.2 Å². The van der Waals surface area contributed by atoms with Crippen LogP contribution in [0.25, 0.3) is 0 Å². The van der Waals surface area contributed by atoms with Crippen LogP contribution in [-0.2, 0) is 27.9 Å². The number of ketones is 1. The molecule has 0 saturated heterocycles. The van der Waals surface area contributed by atoms with Gasteiger partial charge in [-0.2, -0.15) is 0 Å². The SMILES string of the molecule is CCCCCCCCCCCCCCCCCC(=O)O[C@H](CO)COP(=O)([O-])OC(C[N+](C)(C)C)C(=O)CCCCCCCCCCCCCCC. The van der Waals surface area contributed by atoms with Gasteiger partial charge in [0.1, 0.15) is 12.6 Å². The standard InChI is InChI=1S/C42H84NO8P/c1-6-8-10-12-14-16-18-20-21-23-25-27-29-31-33-35-42(46)50-39(37-44)38-49-52(47,48)51-41(36-43(3,4)5)40(45)34-32-30-28-26-24-22-19-17-15-13-11-9-7-2/h39,41,44H,6-38H2,1-5H3/t39-,41?/m1/s1. The first-order valence-electron chi connectivity index (χ1n) is 21.7. The average Bonchev–Trinajstić information content (AvgIpc) is 3.09. The zero-order chi connectivity index (χ0) is 38.8. The molecule has 0 aliphatic heterocycles. The minimum Gasteiger partial charge on any atom is -0.756 e. The molecule has 0 radical (unpaired) electrons. The lowest BCUT2D eigenvalue weighted by Gasteiger charge is -2.32. The van der Waals surface area contributed by atoms with Crippen LogP contribution in [0.1, 0.15) is 206 Å². The number of aliphatic hydroxyl groups is 1. The highest BCUT2D eigenvalue weighted by Gasteiger charge is 2.30. The molecule has 2 unspecified atom stereocenters. The lowest BCUT2D eigenvalue weighted by molar-refractivity contribution is -0.872. The molecule has 52 heavy (non-hydrogen) atoms. The van der Waals surface area contributed by atoms with Crippen molar-refractivity contribution in [2.24, 2.45) is 0 Å². The number of hydrogen-bond acceptors (Lipinski definition) is 8. The van der Waals surface area contributed by atoms with E-state index in [1.807, 2.05) is 21.1 Å². The quantitative estimate of drug-likeness (QED) is 0.0283. The second-order valence-corrected chi connectivity index (χ2v) is 17.6. The predicted octanol–water partition coefficient (Wildman–Crippen LogP) is 10.8. The number of carbonyl (C=O) groups excluding carboxylic acids is 2. The summed E-state index contributed by atoms with van der Waals surface area (Å²) < 4.78 is 28.7. The number of carbonyl (C=O) groups is 2. The normalized spacial score (nSPS) is 14.3. The van der Waals surface area contributed by atoms with Crippen LogP contribution in [0.2, 0.25) is 0 Å². The van der Waals surface area contributed by atoms with Crippen molar-refractivity contribution in [2.75, 3.05) is 40.9 Å². The smallest absolute Gasteiger partial charge is 0.306 e. The van der Waals surface area contributed by atoms with Gasteiger partial charge in [-0.1, -0.05) is 181 Å². The van der Waals surface area contributed by atoms with Gasteiger partial charge in [-0.15, -0.1) is 0 Å². The summed E-state index contributed by atoms with van der Waals surface area (Å²) in [4.78, 5) is 38.2. The van der Waals surface area contributed by atoms with Crippen molar-refractivity contribution in [1.82, 2.24) is 0 Å². The van der Waals surface area contributed by atoms with Gasteiger partial charge in [-0.25, -0.2) is 0 Å². The number of nitrogens with zero attached hydrogens (tertiary/aromatic N) is 1. The summed E-state index contributed by atoms with van der Waals surface area (Å²) in [7, 11) is 0.692. The number of phosphoric acid groups is 1. The number of hydrogen-bond donors (Lipinski definition) is 1. The van der Waals surface area contributed by atoms with Gasteiger partial charge in [-0.05, 0) is 12.8 Å². The molecule has 0 rings (SSSR count). The van der Waals surface area contributed by atoms with E-state index >= 15 is 0 Å². The van der Waals surface area contributed by atoms with Crippen LogP contribution >= 0.6 is 7.82 Å². The number of ether oxygens (including phenoxy) is 1. The Morgan fingerprint density at radius 3 is 1.29 bits per heavy atom. The summed E-state index contributed by atoms with van der Waals surface area (Å²) in [6, 6.07) is 0. The first kappa shape index (κ1) is 51.2. The third kappa shape index (κ3) is 34.9. The first-order valence-corrected chi connectivity index (χ1v) is 23.2. The number of likely N-dealkylation sites (N-methyl/N-ethyl adjacent to an activating group) is 1. The van der Waals surface area contributed by atoms with E-state index in [2.05, 4.69) is 13.8 Å². The Morgan fingerprint density at radius 1 is 0.596 bits per heavy atom. The molecule has 10 heteroatoms. The number of unbranched alkanes of at least 4 members (excludes halogenated alkanes) is 26. The van der Waals surface area contributed by atoms with Gasteiger partial charge in [-0.3, -0.25) is 14.2 Å². The summed E-state index contributed by atoms with van der Waals surface area (Å²) in [5.74, 6) is -0.751. The number of esters is 1. The zero-order valence-electron chi connectivity index (χ0n) is 34.7. The predicted molar refractivity (Wildman–Crippen MR) is 213 cm³/mol. The summed E-state index contributed by atoms with van der Waals surface area (Å²) >= 11 is 0. The minimum absolute atomic E-state index is 0.171. The van der Waals surface area contributed by atoms with Gasteiger partial charge in [0.25, 0.3) is 7.82 Å². The molecule has 9 nitrogen and oxygen atoms in total. The molecular formula is C42H84NO8P. The highest BCUT2D eigenvalue weighted by molar-refractivity contribution is 7.45. The Balaban J connectivity index is 4.25. The van der Waals surface area contributed by atoms with E-state index in [1.54, 1.807) is 0 Å². The van der Waals surface area contributed by atoms with Crippen molar-refractivity contribution in [2.45, 2.75) is 219 Å². The fourth-order valence-electron chi connectivity index (χ4n) is 6.54. The van der Waals surface area contributed by atoms with Crippen LogP contribution in [0.5, 0.6) is 0 Å². The molecule has 0 aliphatic rings. The molecule has 0 bridgehead atoms. The molecule has 0 saturated carbocycles. The van der Waals surface area contributed by atoms with Crippen molar-refractivity contribution >= 4 is 19.6 Å². The Labute approximate surface area is 320 Å². The van der Waals surface area contributed by atoms with Crippen molar-refractivity contribution in [3.63, 3.8) is 0 Å². The van der Waals surface area contributed by atoms with Gasteiger partial charge >= 0.3 is 5.97 Å². The van der Waals surface area contributed by atoms with E-state index < -0.39 is 39.2 Å². The maximum atomic E-state index is 13.1. The minimum atomic E-state index is -4.91. The number of aliphatic hydroxyl groups excluding tert-OH is 1. The Kier molecular flexibility index (Phi) is 34.1. The number of quaternary nitrogens is 1. The van der Waals surface area contributed by atoms with Gasteiger partial charge in [0.05, 0.1) is 34.4 Å². The van der Waals surface area contributed by atoms with Crippen LogP contribution in [0.15, 0.2) is 0 Å². The van der Waals surface area contributed by atoms with Crippen molar-refractivity contribution < 1.29 is 42.4 Å². The summed E-state index contributed by atoms with van der Waals surface area (Å²) in [6.45, 7) is 3.53. The average molecular weight is 762 g/mol. The summed E-state index contributed by atoms with van der Waals surface area (Å²) in [6.07, 6.45) is 32.3. The number of phosphoric ester groups is 1. The van der Waals surface area contributed by atoms with Gasteiger partial charge < -0.3 is 28.3 Å². The lowest BCUT2D eigenvalue weighted by Crippen LogP contribution is -2.45. The monoisotopic (exact) mass is 762 g/mol. The van der Waals surface area contributed by atoms with Gasteiger partial charge in [0.15, 0.2) is 11.9 Å². The Hall–Kier alpha value is -0.830. The highest BCUT2D eigenvalue weighted by Crippen LogP contribution is 2.41.